The summed E-state index contributed by atoms with van der Waals surface area (Å²) >= 11 is 1.67. The van der Waals surface area contributed by atoms with Gasteiger partial charge < -0.3 is 14.6 Å². The van der Waals surface area contributed by atoms with Crippen LogP contribution in [0.2, 0.25) is 0 Å². The zero-order chi connectivity index (χ0) is 19.2. The number of thiazole rings is 1. The van der Waals surface area contributed by atoms with E-state index in [1.165, 1.54) is 6.42 Å². The average molecular weight is 390 g/mol. The van der Waals surface area contributed by atoms with E-state index in [-0.39, 0.29) is 6.61 Å². The summed E-state index contributed by atoms with van der Waals surface area (Å²) in [4.78, 5) is 15.7. The van der Waals surface area contributed by atoms with Crippen molar-refractivity contribution in [1.82, 2.24) is 4.98 Å². The molecule has 1 aromatic carbocycles. The number of carboxylic acid groups (broad SMARTS) is 1. The fourth-order valence-electron chi connectivity index (χ4n) is 3.45. The molecule has 0 saturated carbocycles. The van der Waals surface area contributed by atoms with E-state index in [9.17, 15) is 4.79 Å². The Morgan fingerprint density at radius 2 is 2.19 bits per heavy atom. The molecule has 0 spiro atoms. The Labute approximate surface area is 164 Å². The second-order valence-corrected chi connectivity index (χ2v) is 8.08. The average Bonchev–Trinajstić information content (AvgIpc) is 2.95. The number of aryl methyl sites for hydroxylation is 2. The monoisotopic (exact) mass is 389 g/mol. The van der Waals surface area contributed by atoms with Gasteiger partial charge in [-0.05, 0) is 69.1 Å². The van der Waals surface area contributed by atoms with Crippen LogP contribution >= 0.6 is 11.3 Å². The lowest BCUT2D eigenvalue weighted by Gasteiger charge is -2.14. The van der Waals surface area contributed by atoms with Crippen LogP contribution in [0.15, 0.2) is 17.5 Å². The summed E-state index contributed by atoms with van der Waals surface area (Å²) in [6, 6.07) is 4.00. The first-order valence-electron chi connectivity index (χ1n) is 9.52. The molecular weight excluding hydrogens is 362 g/mol. The van der Waals surface area contributed by atoms with E-state index in [0.717, 1.165) is 72.2 Å². The molecule has 3 rings (SSSR count). The molecule has 2 heterocycles. The molecule has 0 amide bonds. The summed E-state index contributed by atoms with van der Waals surface area (Å²) in [5.41, 5.74) is 3.76. The van der Waals surface area contributed by atoms with Gasteiger partial charge in [0.1, 0.15) is 5.75 Å². The highest BCUT2D eigenvalue weighted by atomic mass is 32.1. The van der Waals surface area contributed by atoms with Crippen molar-refractivity contribution >= 4 is 17.3 Å². The van der Waals surface area contributed by atoms with Crippen LogP contribution in [0.5, 0.6) is 5.75 Å². The highest BCUT2D eigenvalue weighted by Gasteiger charge is 2.17. The van der Waals surface area contributed by atoms with E-state index < -0.39 is 5.97 Å². The third kappa shape index (κ3) is 5.30. The molecule has 2 aromatic rings. The van der Waals surface area contributed by atoms with Crippen molar-refractivity contribution in [3.05, 3.63) is 33.6 Å². The zero-order valence-electron chi connectivity index (χ0n) is 16.0. The second-order valence-electron chi connectivity index (χ2n) is 7.14. The molecule has 1 aliphatic rings. The molecule has 0 aliphatic carbocycles. The van der Waals surface area contributed by atoms with Gasteiger partial charge in [0, 0.05) is 24.2 Å². The minimum absolute atomic E-state index is 0.349. The standard InChI is InChI=1S/C21H27NO4S/c1-14-5-7-17(21(15(14)2)26-12-20(23)24)18-13-27-19(22-18)8-6-16-4-3-10-25-11-9-16/h5,7,13,16H,3-4,6,8-12H2,1-2H3,(H,23,24). The Morgan fingerprint density at radius 3 is 3.00 bits per heavy atom. The first-order valence-corrected chi connectivity index (χ1v) is 10.4. The Balaban J connectivity index is 1.73. The van der Waals surface area contributed by atoms with E-state index in [1.54, 1.807) is 11.3 Å². The van der Waals surface area contributed by atoms with Crippen molar-refractivity contribution in [2.45, 2.75) is 46.0 Å². The SMILES string of the molecule is Cc1ccc(-c2csc(CCC3CCCOCC3)n2)c(OCC(=O)O)c1C. The smallest absolute Gasteiger partial charge is 0.341 e. The van der Waals surface area contributed by atoms with E-state index in [2.05, 4.69) is 0 Å². The minimum Gasteiger partial charge on any atom is -0.481 e. The molecule has 27 heavy (non-hydrogen) atoms. The van der Waals surface area contributed by atoms with Gasteiger partial charge in [0.25, 0.3) is 0 Å². The molecule has 1 unspecified atom stereocenters. The lowest BCUT2D eigenvalue weighted by molar-refractivity contribution is -0.139. The number of carbonyl (C=O) groups is 1. The van der Waals surface area contributed by atoms with E-state index in [0.29, 0.717) is 5.75 Å². The lowest BCUT2D eigenvalue weighted by atomic mass is 9.95. The topological polar surface area (TPSA) is 68.7 Å². The van der Waals surface area contributed by atoms with E-state index in [4.69, 9.17) is 19.6 Å². The molecule has 1 aromatic heterocycles. The lowest BCUT2D eigenvalue weighted by Crippen LogP contribution is -2.11. The predicted molar refractivity (Wildman–Crippen MR) is 107 cm³/mol. The number of rotatable bonds is 7. The van der Waals surface area contributed by atoms with Gasteiger partial charge in [0.15, 0.2) is 6.61 Å². The molecule has 0 radical (unpaired) electrons. The summed E-state index contributed by atoms with van der Waals surface area (Å²) < 4.78 is 11.1. The van der Waals surface area contributed by atoms with Gasteiger partial charge in [-0.2, -0.15) is 0 Å². The first kappa shape index (κ1) is 19.8. The van der Waals surface area contributed by atoms with Gasteiger partial charge in [0.05, 0.1) is 10.7 Å². The number of nitrogens with zero attached hydrogens (tertiary/aromatic N) is 1. The summed E-state index contributed by atoms with van der Waals surface area (Å²) in [6.45, 7) is 5.37. The van der Waals surface area contributed by atoms with Gasteiger partial charge >= 0.3 is 5.97 Å². The number of aliphatic carboxylic acids is 1. The Bertz CT molecular complexity index is 778. The molecule has 1 N–H and O–H groups in total. The summed E-state index contributed by atoms with van der Waals surface area (Å²) in [5, 5.41) is 12.1. The van der Waals surface area contributed by atoms with Crippen molar-refractivity contribution in [3.63, 3.8) is 0 Å². The van der Waals surface area contributed by atoms with Gasteiger partial charge in [-0.25, -0.2) is 9.78 Å². The number of benzene rings is 1. The molecule has 146 valence electrons. The fourth-order valence-corrected chi connectivity index (χ4v) is 4.26. The maximum Gasteiger partial charge on any atom is 0.341 e. The molecule has 6 heteroatoms. The number of ether oxygens (including phenoxy) is 2. The maximum atomic E-state index is 10.9. The highest BCUT2D eigenvalue weighted by molar-refractivity contribution is 7.09. The van der Waals surface area contributed by atoms with Crippen molar-refractivity contribution in [3.8, 4) is 17.0 Å². The molecular formula is C21H27NO4S. The number of aromatic nitrogens is 1. The predicted octanol–water partition coefficient (Wildman–Crippen LogP) is 4.64. The van der Waals surface area contributed by atoms with Crippen LogP contribution in [0.3, 0.4) is 0 Å². The van der Waals surface area contributed by atoms with Gasteiger partial charge in [-0.1, -0.05) is 6.07 Å². The first-order chi connectivity index (χ1) is 13.0. The fraction of sp³-hybridized carbons (Fsp3) is 0.524. The van der Waals surface area contributed by atoms with Crippen LogP contribution in [-0.2, 0) is 16.0 Å². The molecule has 1 saturated heterocycles. The second kappa shape index (κ2) is 9.33. The van der Waals surface area contributed by atoms with Crippen LogP contribution in [0, 0.1) is 19.8 Å². The zero-order valence-corrected chi connectivity index (χ0v) is 16.8. The van der Waals surface area contributed by atoms with Crippen molar-refractivity contribution < 1.29 is 19.4 Å². The molecule has 1 fully saturated rings. The number of hydrogen-bond donors (Lipinski definition) is 1. The molecule has 5 nitrogen and oxygen atoms in total. The van der Waals surface area contributed by atoms with Crippen LogP contribution in [0.25, 0.3) is 11.3 Å². The number of carboxylic acids is 1. The summed E-state index contributed by atoms with van der Waals surface area (Å²) in [6.07, 6.45) is 5.66. The molecule has 1 atom stereocenters. The summed E-state index contributed by atoms with van der Waals surface area (Å²) in [5.74, 6) is 0.360. The molecule has 1 aliphatic heterocycles. The van der Waals surface area contributed by atoms with Gasteiger partial charge in [-0.3, -0.25) is 0 Å². The van der Waals surface area contributed by atoms with Crippen LogP contribution in [0.1, 0.15) is 41.8 Å². The maximum absolute atomic E-state index is 10.9. The van der Waals surface area contributed by atoms with Crippen LogP contribution < -0.4 is 4.74 Å². The van der Waals surface area contributed by atoms with Gasteiger partial charge in [0.2, 0.25) is 0 Å². The largest absolute Gasteiger partial charge is 0.481 e. The molecule has 0 bridgehead atoms. The van der Waals surface area contributed by atoms with E-state index >= 15 is 0 Å². The van der Waals surface area contributed by atoms with Crippen molar-refractivity contribution in [2.24, 2.45) is 5.92 Å². The van der Waals surface area contributed by atoms with Crippen molar-refractivity contribution in [2.75, 3.05) is 19.8 Å². The quantitative estimate of drug-likeness (QED) is 0.747. The third-order valence-corrected chi connectivity index (χ3v) is 6.09. The highest BCUT2D eigenvalue weighted by Crippen LogP contribution is 2.35. The third-order valence-electron chi connectivity index (χ3n) is 5.18. The minimum atomic E-state index is -0.979. The van der Waals surface area contributed by atoms with Crippen molar-refractivity contribution in [1.29, 1.82) is 0 Å². The number of hydrogen-bond acceptors (Lipinski definition) is 5. The van der Waals surface area contributed by atoms with Crippen LogP contribution in [-0.4, -0.2) is 35.9 Å². The van der Waals surface area contributed by atoms with Crippen LogP contribution in [0.4, 0.5) is 0 Å². The Hall–Kier alpha value is -1.92. The van der Waals surface area contributed by atoms with E-state index in [1.807, 2.05) is 31.4 Å². The van der Waals surface area contributed by atoms with Gasteiger partial charge in [-0.15, -0.1) is 11.3 Å². The Morgan fingerprint density at radius 1 is 1.33 bits per heavy atom. The summed E-state index contributed by atoms with van der Waals surface area (Å²) in [7, 11) is 0. The normalized spacial score (nSPS) is 17.5. The Kier molecular flexibility index (Phi) is 6.85.